The molecule has 0 bridgehead atoms. The average Bonchev–Trinajstić information content (AvgIpc) is 3.06. The Balaban J connectivity index is 0.00000520. The zero-order valence-electron chi connectivity index (χ0n) is 25.6. The van der Waals surface area contributed by atoms with Gasteiger partial charge in [0, 0.05) is 36.6 Å². The van der Waals surface area contributed by atoms with Crippen LogP contribution >= 0.6 is 8.58 Å². The Bertz CT molecular complexity index is 1700. The standard InChI is InChI=1S/C36H27F6O4P.Li/c37-35(38,39)28-17-10-18-29(36(40,41)42)32(28)34(43)47-33-30(45-22-25-13-6-2-7-14-25)19-27(44-21-24-11-4-1-5-12-24)20-31(33)46-23-26-15-8-3-9-16-26;/h1-20,47H,21-23H2;. The average molecular weight is 676 g/mol. The van der Waals surface area contributed by atoms with Gasteiger partial charge in [0.2, 0.25) is 0 Å². The third-order valence-corrected chi connectivity index (χ3v) is 8.12. The van der Waals surface area contributed by atoms with Crippen molar-refractivity contribution >= 4 is 38.3 Å². The van der Waals surface area contributed by atoms with Gasteiger partial charge in [-0.1, -0.05) is 97.1 Å². The predicted molar refractivity (Wildman–Crippen MR) is 173 cm³/mol. The van der Waals surface area contributed by atoms with Gasteiger partial charge in [0.05, 0.1) is 16.4 Å². The topological polar surface area (TPSA) is 44.8 Å². The Morgan fingerprint density at radius 2 is 0.917 bits per heavy atom. The molecule has 0 aliphatic carbocycles. The first-order valence-corrected chi connectivity index (χ1v) is 15.3. The van der Waals surface area contributed by atoms with E-state index in [2.05, 4.69) is 0 Å². The SMILES string of the molecule is O=C(Pc1c(OCc2ccccc2)cc(OCc2ccccc2)cc1OCc1ccccc1)c1c(C(F)(F)F)cccc1C(F)(F)F.[Li]. The molecule has 0 fully saturated rings. The van der Waals surface area contributed by atoms with Crippen molar-refractivity contribution in [2.24, 2.45) is 0 Å². The number of benzene rings is 5. The van der Waals surface area contributed by atoms with Gasteiger partial charge >= 0.3 is 12.4 Å². The van der Waals surface area contributed by atoms with Gasteiger partial charge in [-0.15, -0.1) is 0 Å². The van der Waals surface area contributed by atoms with Crippen molar-refractivity contribution < 1.29 is 45.3 Å². The molecule has 0 saturated carbocycles. The van der Waals surface area contributed by atoms with Gasteiger partial charge in [-0.2, -0.15) is 26.3 Å². The molecule has 0 amide bonds. The number of alkyl halides is 6. The van der Waals surface area contributed by atoms with Crippen molar-refractivity contribution in [2.45, 2.75) is 32.2 Å². The molecule has 12 heteroatoms. The molecular weight excluding hydrogens is 648 g/mol. The van der Waals surface area contributed by atoms with Gasteiger partial charge in [-0.3, -0.25) is 4.79 Å². The third kappa shape index (κ3) is 9.67. The van der Waals surface area contributed by atoms with Crippen molar-refractivity contribution in [1.29, 1.82) is 0 Å². The number of hydrogen-bond donors (Lipinski definition) is 0. The Morgan fingerprint density at radius 1 is 0.542 bits per heavy atom. The van der Waals surface area contributed by atoms with Crippen molar-refractivity contribution in [3.8, 4) is 17.2 Å². The summed E-state index contributed by atoms with van der Waals surface area (Å²) in [7, 11) is -1.23. The van der Waals surface area contributed by atoms with Crippen molar-refractivity contribution in [2.75, 3.05) is 0 Å². The van der Waals surface area contributed by atoms with Crippen molar-refractivity contribution in [3.63, 3.8) is 0 Å². The van der Waals surface area contributed by atoms with Gasteiger partial charge < -0.3 is 14.2 Å². The Labute approximate surface area is 287 Å². The number of hydrogen-bond acceptors (Lipinski definition) is 4. The monoisotopic (exact) mass is 675 g/mol. The number of carbonyl (C=O) groups is 1. The molecule has 5 aromatic carbocycles. The first kappa shape index (κ1) is 36.6. The largest absolute Gasteiger partial charge is 0.489 e. The zero-order chi connectivity index (χ0) is 33.4. The normalized spacial score (nSPS) is 11.6. The molecular formula is C36H27F6LiO4P. The smallest absolute Gasteiger partial charge is 0.417 e. The van der Waals surface area contributed by atoms with E-state index in [1.807, 2.05) is 30.3 Å². The molecule has 0 heterocycles. The summed E-state index contributed by atoms with van der Waals surface area (Å²) in [5, 5.41) is -0.000902. The number of halogens is 6. The maximum atomic E-state index is 14.0. The third-order valence-electron chi connectivity index (χ3n) is 6.90. The van der Waals surface area contributed by atoms with Crippen LogP contribution in [-0.4, -0.2) is 24.4 Å². The molecule has 0 N–H and O–H groups in total. The van der Waals surface area contributed by atoms with E-state index in [-0.39, 0.29) is 61.2 Å². The van der Waals surface area contributed by atoms with Crippen LogP contribution in [0.25, 0.3) is 0 Å². The van der Waals surface area contributed by atoms with Crippen molar-refractivity contribution in [3.05, 3.63) is 155 Å². The minimum Gasteiger partial charge on any atom is -0.489 e. The maximum Gasteiger partial charge on any atom is 0.417 e. The van der Waals surface area contributed by atoms with E-state index in [0.717, 1.165) is 16.7 Å². The molecule has 0 aliphatic heterocycles. The summed E-state index contributed by atoms with van der Waals surface area (Å²) < 4.78 is 102. The molecule has 1 unspecified atom stereocenters. The predicted octanol–water partition coefficient (Wildman–Crippen LogP) is 9.22. The van der Waals surface area contributed by atoms with Crippen LogP contribution in [-0.2, 0) is 32.2 Å². The molecule has 0 spiro atoms. The van der Waals surface area contributed by atoms with Gasteiger partial charge in [0.15, 0.2) is 5.52 Å². The molecule has 0 aromatic heterocycles. The van der Waals surface area contributed by atoms with Crippen molar-refractivity contribution in [1.82, 2.24) is 0 Å². The Kier molecular flexibility index (Phi) is 12.4. The molecule has 0 aliphatic rings. The number of rotatable bonds is 12. The maximum absolute atomic E-state index is 14.0. The van der Waals surface area contributed by atoms with Gasteiger partial charge in [-0.05, 0) is 37.4 Å². The molecule has 4 nitrogen and oxygen atoms in total. The molecule has 243 valence electrons. The van der Waals surface area contributed by atoms with E-state index in [0.29, 0.717) is 18.2 Å². The second-order valence-electron chi connectivity index (χ2n) is 10.3. The van der Waals surface area contributed by atoms with Crippen LogP contribution in [0.5, 0.6) is 17.2 Å². The van der Waals surface area contributed by atoms with Gasteiger partial charge in [-0.25, -0.2) is 0 Å². The van der Waals surface area contributed by atoms with Gasteiger partial charge in [0.1, 0.15) is 37.1 Å². The quantitative estimate of drug-likeness (QED) is 0.0752. The molecule has 5 aromatic rings. The molecule has 0 saturated heterocycles. The second kappa shape index (κ2) is 16.3. The molecule has 1 atom stereocenters. The minimum atomic E-state index is -5.22. The van der Waals surface area contributed by atoms with Gasteiger partial charge in [0.25, 0.3) is 0 Å². The summed E-state index contributed by atoms with van der Waals surface area (Å²) in [5.41, 5.74) is -3.88. The minimum absolute atomic E-state index is 0. The van der Waals surface area contributed by atoms with E-state index < -0.39 is 43.1 Å². The molecule has 5 rings (SSSR count). The summed E-state index contributed by atoms with van der Waals surface area (Å²) >= 11 is 0. The molecule has 1 radical (unpaired) electrons. The number of carbonyl (C=O) groups excluding carboxylic acids is 1. The fourth-order valence-corrected chi connectivity index (χ4v) is 5.81. The summed E-state index contributed by atoms with van der Waals surface area (Å²) in [6, 6.07) is 31.6. The summed E-state index contributed by atoms with van der Waals surface area (Å²) in [6.45, 7) is 0.116. The van der Waals surface area contributed by atoms with Crippen LogP contribution in [0.4, 0.5) is 26.3 Å². The Morgan fingerprint density at radius 3 is 1.29 bits per heavy atom. The van der Waals surface area contributed by atoms with Crippen LogP contribution in [0.3, 0.4) is 0 Å². The van der Waals surface area contributed by atoms with E-state index in [1.165, 1.54) is 12.1 Å². The summed E-state index contributed by atoms with van der Waals surface area (Å²) in [5.74, 6) is 0.298. The second-order valence-corrected chi connectivity index (χ2v) is 11.5. The van der Waals surface area contributed by atoms with E-state index >= 15 is 0 Å². The van der Waals surface area contributed by atoms with Crippen LogP contribution < -0.4 is 19.5 Å². The van der Waals surface area contributed by atoms with Crippen LogP contribution in [0, 0.1) is 0 Å². The van der Waals surface area contributed by atoms with Crippen LogP contribution in [0.15, 0.2) is 121 Å². The van der Waals surface area contributed by atoms with E-state index in [1.54, 1.807) is 60.7 Å². The zero-order valence-corrected chi connectivity index (χ0v) is 26.6. The fourth-order valence-electron chi connectivity index (χ4n) is 4.66. The first-order chi connectivity index (χ1) is 22.5. The fraction of sp³-hybridized carbons (Fsp3) is 0.139. The summed E-state index contributed by atoms with van der Waals surface area (Å²) in [4.78, 5) is 13.7. The first-order valence-electron chi connectivity index (χ1n) is 14.3. The molecule has 48 heavy (non-hydrogen) atoms. The summed E-state index contributed by atoms with van der Waals surface area (Å²) in [6.07, 6.45) is -10.4. The van der Waals surface area contributed by atoms with Crippen LogP contribution in [0.2, 0.25) is 0 Å². The van der Waals surface area contributed by atoms with Crippen LogP contribution in [0.1, 0.15) is 38.2 Å². The van der Waals surface area contributed by atoms with E-state index in [4.69, 9.17) is 14.2 Å². The van der Waals surface area contributed by atoms with E-state index in [9.17, 15) is 31.1 Å². The Hall–Kier alpha value is -4.22. The number of ether oxygens (including phenoxy) is 3.